The molecule has 0 heterocycles. The number of hydrogen-bond acceptors (Lipinski definition) is 15. The predicted octanol–water partition coefficient (Wildman–Crippen LogP) is 26.3. The predicted molar refractivity (Wildman–Crippen MR) is 437 cm³/mol. The molecular weight excluding hydrogens is 1380 g/mol. The third kappa shape index (κ3) is 80.1. The summed E-state index contributed by atoms with van der Waals surface area (Å²) in [6.07, 6.45) is 65.4. The van der Waals surface area contributed by atoms with E-state index in [2.05, 4.69) is 55.4 Å². The number of aliphatic hydroxyl groups excluding tert-OH is 1. The number of unbranched alkanes of at least 4 members (excludes halogenated alkanes) is 50. The van der Waals surface area contributed by atoms with Crippen molar-refractivity contribution in [2.75, 3.05) is 39.6 Å². The van der Waals surface area contributed by atoms with E-state index in [0.717, 1.165) is 114 Å². The van der Waals surface area contributed by atoms with Crippen LogP contribution in [0.2, 0.25) is 0 Å². The van der Waals surface area contributed by atoms with Crippen molar-refractivity contribution in [3.63, 3.8) is 0 Å². The molecule has 0 bridgehead atoms. The Hall–Kier alpha value is -1.94. The first-order chi connectivity index (χ1) is 51.1. The summed E-state index contributed by atoms with van der Waals surface area (Å²) in [4.78, 5) is 73.2. The number of esters is 4. The Morgan fingerprint density at radius 3 is 0.585 bits per heavy atom. The molecule has 0 rings (SSSR count). The van der Waals surface area contributed by atoms with Gasteiger partial charge in [0, 0.05) is 25.7 Å². The zero-order chi connectivity index (χ0) is 78.1. The Labute approximate surface area is 651 Å². The summed E-state index contributed by atoms with van der Waals surface area (Å²) in [6.45, 7) is 14.3. The maximum Gasteiger partial charge on any atom is 0.472 e. The third-order valence-electron chi connectivity index (χ3n) is 20.3. The Morgan fingerprint density at radius 1 is 0.236 bits per heavy atom. The highest BCUT2D eigenvalue weighted by molar-refractivity contribution is 7.47. The average molecular weight is 1550 g/mol. The molecule has 0 aliphatic carbocycles. The highest BCUT2D eigenvalue weighted by Crippen LogP contribution is 2.45. The lowest BCUT2D eigenvalue weighted by Crippen LogP contribution is -2.30. The first-order valence-corrected chi connectivity index (χ1v) is 47.7. The summed E-state index contributed by atoms with van der Waals surface area (Å²) in [6, 6.07) is 0. The second-order valence-corrected chi connectivity index (χ2v) is 36.1. The van der Waals surface area contributed by atoms with E-state index in [-0.39, 0.29) is 25.7 Å². The minimum absolute atomic E-state index is 0.105. The summed E-state index contributed by atoms with van der Waals surface area (Å²) in [5.74, 6) is 1.02. The van der Waals surface area contributed by atoms with Gasteiger partial charge in [-0.15, -0.1) is 0 Å². The van der Waals surface area contributed by atoms with Crippen LogP contribution in [0, 0.1) is 23.7 Å². The van der Waals surface area contributed by atoms with E-state index in [1.165, 1.54) is 257 Å². The number of carbonyl (C=O) groups is 4. The van der Waals surface area contributed by atoms with E-state index in [1.807, 2.05) is 0 Å². The molecule has 0 spiro atoms. The van der Waals surface area contributed by atoms with Gasteiger partial charge in [-0.3, -0.25) is 37.3 Å². The fourth-order valence-corrected chi connectivity index (χ4v) is 15.1. The third-order valence-corrected chi connectivity index (χ3v) is 22.2. The minimum Gasteiger partial charge on any atom is -0.462 e. The zero-order valence-electron chi connectivity index (χ0n) is 70.1. The molecule has 0 fully saturated rings. The molecule has 0 amide bonds. The molecule has 0 aromatic heterocycles. The first-order valence-electron chi connectivity index (χ1n) is 44.7. The normalized spacial score (nSPS) is 13.9. The number of phosphoric ester groups is 2. The van der Waals surface area contributed by atoms with E-state index >= 15 is 0 Å². The molecule has 0 aliphatic heterocycles. The number of carbonyl (C=O) groups excluding carboxylic acids is 4. The summed E-state index contributed by atoms with van der Waals surface area (Å²) in [5.41, 5.74) is 0. The van der Waals surface area contributed by atoms with Gasteiger partial charge >= 0.3 is 39.5 Å². The molecule has 0 aromatic rings. The van der Waals surface area contributed by atoms with Crippen LogP contribution in [0.4, 0.5) is 0 Å². The lowest BCUT2D eigenvalue weighted by molar-refractivity contribution is -0.161. The van der Waals surface area contributed by atoms with Crippen molar-refractivity contribution in [2.24, 2.45) is 23.7 Å². The van der Waals surface area contributed by atoms with Crippen molar-refractivity contribution in [1.82, 2.24) is 0 Å². The monoisotopic (exact) mass is 1550 g/mol. The highest BCUT2D eigenvalue weighted by atomic mass is 31.2. The second kappa shape index (κ2) is 75.7. The van der Waals surface area contributed by atoms with E-state index in [9.17, 15) is 43.2 Å². The summed E-state index contributed by atoms with van der Waals surface area (Å²) in [5, 5.41) is 10.7. The van der Waals surface area contributed by atoms with E-state index in [1.54, 1.807) is 0 Å². The van der Waals surface area contributed by atoms with Crippen LogP contribution in [0.5, 0.6) is 0 Å². The summed E-state index contributed by atoms with van der Waals surface area (Å²) >= 11 is 0. The van der Waals surface area contributed by atoms with Crippen LogP contribution in [-0.4, -0.2) is 96.7 Å². The Morgan fingerprint density at radius 2 is 0.396 bits per heavy atom. The van der Waals surface area contributed by atoms with Crippen molar-refractivity contribution >= 4 is 39.5 Å². The smallest absolute Gasteiger partial charge is 0.462 e. The van der Waals surface area contributed by atoms with Gasteiger partial charge < -0.3 is 33.8 Å². The number of phosphoric acid groups is 2. The van der Waals surface area contributed by atoms with Gasteiger partial charge in [-0.25, -0.2) is 9.13 Å². The highest BCUT2D eigenvalue weighted by Gasteiger charge is 2.31. The number of ether oxygens (including phenoxy) is 4. The molecule has 5 atom stereocenters. The molecule has 0 radical (unpaired) electrons. The summed E-state index contributed by atoms with van der Waals surface area (Å²) in [7, 11) is -9.93. The Bertz CT molecular complexity index is 2060. The van der Waals surface area contributed by atoms with Crippen LogP contribution < -0.4 is 0 Å². The number of aliphatic hydroxyl groups is 1. The topological polar surface area (TPSA) is 237 Å². The number of hydrogen-bond donors (Lipinski definition) is 3. The number of rotatable bonds is 84. The van der Waals surface area contributed by atoms with Crippen molar-refractivity contribution in [3.8, 4) is 0 Å². The van der Waals surface area contributed by atoms with Crippen LogP contribution in [0.25, 0.3) is 0 Å². The molecule has 106 heavy (non-hydrogen) atoms. The van der Waals surface area contributed by atoms with Gasteiger partial charge in [-0.05, 0) is 49.4 Å². The van der Waals surface area contributed by atoms with Gasteiger partial charge in [0.1, 0.15) is 19.3 Å². The molecule has 630 valence electrons. The molecular formula is C87H170O17P2. The van der Waals surface area contributed by atoms with Crippen LogP contribution in [0.3, 0.4) is 0 Å². The van der Waals surface area contributed by atoms with Crippen molar-refractivity contribution < 1.29 is 80.2 Å². The molecule has 17 nitrogen and oxygen atoms in total. The molecule has 2 unspecified atom stereocenters. The van der Waals surface area contributed by atoms with E-state index in [4.69, 9.17) is 37.0 Å². The Kier molecular flexibility index (Phi) is 74.3. The molecule has 0 saturated heterocycles. The van der Waals surface area contributed by atoms with Crippen LogP contribution in [0.1, 0.15) is 453 Å². The van der Waals surface area contributed by atoms with Gasteiger partial charge in [0.15, 0.2) is 12.2 Å². The van der Waals surface area contributed by atoms with Crippen LogP contribution in [0.15, 0.2) is 0 Å². The van der Waals surface area contributed by atoms with E-state index < -0.39 is 97.5 Å². The van der Waals surface area contributed by atoms with E-state index in [0.29, 0.717) is 25.7 Å². The zero-order valence-corrected chi connectivity index (χ0v) is 71.9. The molecule has 0 saturated carbocycles. The lowest BCUT2D eigenvalue weighted by atomic mass is 10.0. The van der Waals surface area contributed by atoms with Gasteiger partial charge in [-0.1, -0.05) is 402 Å². The standard InChI is InChI=1S/C87H170O17P2/c1-77(2)63-55-47-39-31-25-21-17-13-9-11-15-19-23-27-35-43-51-59-67-84(89)97-73-82(103-86(91)69-61-53-45-36-28-24-20-16-12-10-14-18-22-26-32-40-48-56-64-78(3)4)75-101-105(93,94)99-71-81(88)72-100-106(95,96)102-76-83(104-87(92)70-62-54-46-38-30-34-42-50-58-66-80(7)8)74-98-85(90)68-60-52-44-37-29-33-41-49-57-65-79(5)6/h77-83,88H,9-76H2,1-8H3,(H,93,94)(H,95,96)/t81-,82-,83-/m1/s1. The maximum atomic E-state index is 13.2. The molecule has 3 N–H and O–H groups in total. The maximum absolute atomic E-state index is 13.2. The molecule has 0 aliphatic rings. The van der Waals surface area contributed by atoms with Crippen molar-refractivity contribution in [3.05, 3.63) is 0 Å². The van der Waals surface area contributed by atoms with Crippen molar-refractivity contribution in [2.45, 2.75) is 472 Å². The molecule has 0 aromatic carbocycles. The van der Waals surface area contributed by atoms with Gasteiger partial charge in [-0.2, -0.15) is 0 Å². The first kappa shape index (κ1) is 104. The van der Waals surface area contributed by atoms with Crippen molar-refractivity contribution in [1.29, 1.82) is 0 Å². The lowest BCUT2D eigenvalue weighted by Gasteiger charge is -2.21. The van der Waals surface area contributed by atoms with Crippen LogP contribution >= 0.6 is 15.6 Å². The minimum atomic E-state index is -4.97. The summed E-state index contributed by atoms with van der Waals surface area (Å²) < 4.78 is 68.9. The second-order valence-electron chi connectivity index (χ2n) is 33.2. The van der Waals surface area contributed by atoms with Crippen LogP contribution in [-0.2, 0) is 65.4 Å². The SMILES string of the molecule is CC(C)CCCCCCCCCCCCCCCCCCCCC(=O)OC[C@H](COP(=O)(O)OC[C@@H](O)COP(=O)(O)OC[C@@H](COC(=O)CCCCCCCCCCCC(C)C)OC(=O)CCCCCCCCCCCC(C)C)OC(=O)CCCCCCCCCCCCCCCCCCCCC(C)C. The Balaban J connectivity index is 5.22. The average Bonchev–Trinajstić information content (AvgIpc) is 0.900. The van der Waals surface area contributed by atoms with Gasteiger partial charge in [0.05, 0.1) is 26.4 Å². The molecule has 19 heteroatoms. The van der Waals surface area contributed by atoms with Gasteiger partial charge in [0.2, 0.25) is 0 Å². The fourth-order valence-electron chi connectivity index (χ4n) is 13.5. The fraction of sp³-hybridized carbons (Fsp3) is 0.954. The quantitative estimate of drug-likeness (QED) is 0.0222. The van der Waals surface area contributed by atoms with Gasteiger partial charge in [0.25, 0.3) is 0 Å². The largest absolute Gasteiger partial charge is 0.472 e.